The van der Waals surface area contributed by atoms with Gasteiger partial charge in [0.05, 0.1) is 4.90 Å². The molecule has 0 saturated heterocycles. The summed E-state index contributed by atoms with van der Waals surface area (Å²) < 4.78 is 31.8. The van der Waals surface area contributed by atoms with Crippen LogP contribution in [0.1, 0.15) is 0 Å². The van der Waals surface area contributed by atoms with Crippen LogP contribution in [0.5, 0.6) is 0 Å². The third-order valence-corrected chi connectivity index (χ3v) is 4.46. The van der Waals surface area contributed by atoms with Gasteiger partial charge < -0.3 is 10.2 Å². The van der Waals surface area contributed by atoms with Crippen molar-refractivity contribution >= 4 is 27.4 Å². The van der Waals surface area contributed by atoms with Crippen molar-refractivity contribution in [1.82, 2.24) is 9.97 Å². The molecule has 0 spiro atoms. The molecule has 0 aliphatic carbocycles. The lowest BCUT2D eigenvalue weighted by Gasteiger charge is -2.15. The first-order chi connectivity index (χ1) is 12.3. The Kier molecular flexibility index (Phi) is 4.88. The second-order valence-corrected chi connectivity index (χ2v) is 7.24. The van der Waals surface area contributed by atoms with Crippen LogP contribution in [0.25, 0.3) is 11.4 Å². The number of nitrogens with zero attached hydrogens (tertiary/aromatic N) is 3. The minimum absolute atomic E-state index is 0.187. The van der Waals surface area contributed by atoms with Crippen LogP contribution in [0.3, 0.4) is 0 Å². The topological polar surface area (TPSA) is 95.4 Å². The van der Waals surface area contributed by atoms with Gasteiger partial charge >= 0.3 is 0 Å². The predicted octanol–water partition coefficient (Wildman–Crippen LogP) is 3.20. The summed E-state index contributed by atoms with van der Waals surface area (Å²) in [7, 11) is -0.522. The van der Waals surface area contributed by atoms with E-state index in [1.54, 1.807) is 12.1 Å². The van der Waals surface area contributed by atoms with Gasteiger partial charge in [-0.05, 0) is 18.2 Å². The molecule has 26 heavy (non-hydrogen) atoms. The average molecular weight is 370 g/mol. The molecule has 0 unspecified atom stereocenters. The first kappa shape index (κ1) is 17.8. The van der Waals surface area contributed by atoms with E-state index in [1.165, 1.54) is 18.2 Å². The SMILES string of the molecule is CN(C)c1cc(Nc2cccc(S(=O)(=O)O)c2)nc(-c2ccccc2)n1. The maximum atomic E-state index is 11.3. The molecular formula is C18H18N4O3S. The van der Waals surface area contributed by atoms with E-state index in [9.17, 15) is 13.0 Å². The van der Waals surface area contributed by atoms with Crippen molar-refractivity contribution in [3.05, 3.63) is 60.7 Å². The lowest BCUT2D eigenvalue weighted by molar-refractivity contribution is 0.483. The standard InChI is InChI=1S/C18H18N4O3S/c1-22(2)17-12-16(20-18(21-17)13-7-4-3-5-8-13)19-14-9-6-10-15(11-14)26(23,24)25/h3-12H,1-2H3,(H,19,20,21)(H,23,24,25). The Balaban J connectivity index is 2.01. The van der Waals surface area contributed by atoms with Gasteiger partial charge in [-0.25, -0.2) is 9.97 Å². The highest BCUT2D eigenvalue weighted by atomic mass is 32.2. The number of hydrogen-bond donors (Lipinski definition) is 2. The van der Waals surface area contributed by atoms with Gasteiger partial charge in [0, 0.05) is 31.4 Å². The zero-order valence-corrected chi connectivity index (χ0v) is 15.1. The number of benzene rings is 2. The molecule has 3 aromatic rings. The predicted molar refractivity (Wildman–Crippen MR) is 101 cm³/mol. The normalized spacial score (nSPS) is 11.2. The summed E-state index contributed by atoms with van der Waals surface area (Å²) >= 11 is 0. The first-order valence-corrected chi connectivity index (χ1v) is 9.23. The molecule has 3 rings (SSSR count). The van der Waals surface area contributed by atoms with E-state index >= 15 is 0 Å². The summed E-state index contributed by atoms with van der Waals surface area (Å²) in [5.41, 5.74) is 1.36. The van der Waals surface area contributed by atoms with Crippen molar-refractivity contribution in [2.45, 2.75) is 4.90 Å². The van der Waals surface area contributed by atoms with Crippen LogP contribution in [0.15, 0.2) is 65.6 Å². The monoisotopic (exact) mass is 370 g/mol. The summed E-state index contributed by atoms with van der Waals surface area (Å²) in [4.78, 5) is 10.7. The molecule has 0 saturated carbocycles. The van der Waals surface area contributed by atoms with Gasteiger partial charge in [0.25, 0.3) is 10.1 Å². The zero-order valence-electron chi connectivity index (χ0n) is 14.3. The van der Waals surface area contributed by atoms with E-state index in [1.807, 2.05) is 49.3 Å². The summed E-state index contributed by atoms with van der Waals surface area (Å²) in [6.45, 7) is 0. The fraction of sp³-hybridized carbons (Fsp3) is 0.111. The molecule has 0 atom stereocenters. The summed E-state index contributed by atoms with van der Waals surface area (Å²) in [6, 6.07) is 17.2. The van der Waals surface area contributed by atoms with Gasteiger partial charge in [0.1, 0.15) is 11.6 Å². The van der Waals surface area contributed by atoms with E-state index in [0.29, 0.717) is 23.1 Å². The van der Waals surface area contributed by atoms with E-state index in [0.717, 1.165) is 5.56 Å². The summed E-state index contributed by atoms with van der Waals surface area (Å²) in [5.74, 6) is 1.76. The first-order valence-electron chi connectivity index (χ1n) is 7.79. The molecule has 1 heterocycles. The quantitative estimate of drug-likeness (QED) is 0.666. The Labute approximate surface area is 152 Å². The second kappa shape index (κ2) is 7.11. The maximum absolute atomic E-state index is 11.3. The van der Waals surface area contributed by atoms with Crippen LogP contribution in [0.2, 0.25) is 0 Å². The smallest absolute Gasteiger partial charge is 0.294 e. The number of nitrogens with one attached hydrogen (secondary N) is 1. The van der Waals surface area contributed by atoms with Gasteiger partial charge in [-0.3, -0.25) is 4.55 Å². The Morgan fingerprint density at radius 2 is 1.69 bits per heavy atom. The highest BCUT2D eigenvalue weighted by Crippen LogP contribution is 2.24. The van der Waals surface area contributed by atoms with Crippen molar-refractivity contribution < 1.29 is 13.0 Å². The molecule has 7 nitrogen and oxygen atoms in total. The summed E-state index contributed by atoms with van der Waals surface area (Å²) in [6.07, 6.45) is 0. The van der Waals surface area contributed by atoms with Crippen molar-refractivity contribution in [3.8, 4) is 11.4 Å². The maximum Gasteiger partial charge on any atom is 0.294 e. The molecule has 8 heteroatoms. The molecule has 2 aromatic carbocycles. The molecular weight excluding hydrogens is 352 g/mol. The van der Waals surface area contributed by atoms with Gasteiger partial charge in [0.2, 0.25) is 0 Å². The van der Waals surface area contributed by atoms with Gasteiger partial charge in [-0.1, -0.05) is 36.4 Å². The van der Waals surface area contributed by atoms with Gasteiger partial charge in [-0.15, -0.1) is 0 Å². The largest absolute Gasteiger partial charge is 0.363 e. The number of hydrogen-bond acceptors (Lipinski definition) is 6. The molecule has 0 bridgehead atoms. The molecule has 0 fully saturated rings. The van der Waals surface area contributed by atoms with Crippen molar-refractivity contribution in [3.63, 3.8) is 0 Å². The van der Waals surface area contributed by atoms with E-state index < -0.39 is 10.1 Å². The zero-order chi connectivity index (χ0) is 18.7. The Bertz CT molecular complexity index is 1020. The minimum atomic E-state index is -4.27. The van der Waals surface area contributed by atoms with Gasteiger partial charge in [-0.2, -0.15) is 8.42 Å². The molecule has 0 radical (unpaired) electrons. The highest BCUT2D eigenvalue weighted by molar-refractivity contribution is 7.85. The van der Waals surface area contributed by atoms with Crippen molar-refractivity contribution in [2.24, 2.45) is 0 Å². The Morgan fingerprint density at radius 3 is 2.35 bits per heavy atom. The molecule has 0 amide bonds. The minimum Gasteiger partial charge on any atom is -0.363 e. The van der Waals surface area contributed by atoms with Crippen molar-refractivity contribution in [1.29, 1.82) is 0 Å². The van der Waals surface area contributed by atoms with E-state index in [2.05, 4.69) is 15.3 Å². The lowest BCUT2D eigenvalue weighted by Crippen LogP contribution is -2.12. The van der Waals surface area contributed by atoms with Crippen LogP contribution in [0.4, 0.5) is 17.3 Å². The van der Waals surface area contributed by atoms with Crippen LogP contribution in [0, 0.1) is 0 Å². The second-order valence-electron chi connectivity index (χ2n) is 5.82. The Morgan fingerprint density at radius 1 is 0.962 bits per heavy atom. The molecule has 2 N–H and O–H groups in total. The van der Waals surface area contributed by atoms with E-state index in [4.69, 9.17) is 0 Å². The van der Waals surface area contributed by atoms with Crippen LogP contribution in [-0.4, -0.2) is 37.0 Å². The third kappa shape index (κ3) is 4.16. The highest BCUT2D eigenvalue weighted by Gasteiger charge is 2.12. The third-order valence-electron chi connectivity index (χ3n) is 3.61. The van der Waals surface area contributed by atoms with Crippen LogP contribution >= 0.6 is 0 Å². The molecule has 0 aliphatic rings. The lowest BCUT2D eigenvalue weighted by atomic mass is 10.2. The fourth-order valence-corrected chi connectivity index (χ4v) is 2.85. The number of rotatable bonds is 5. The molecule has 1 aromatic heterocycles. The van der Waals surface area contributed by atoms with Gasteiger partial charge in [0.15, 0.2) is 5.82 Å². The average Bonchev–Trinajstić information content (AvgIpc) is 2.61. The molecule has 0 aliphatic heterocycles. The molecule has 134 valence electrons. The summed E-state index contributed by atoms with van der Waals surface area (Å²) in [5, 5.41) is 3.07. The van der Waals surface area contributed by atoms with E-state index in [-0.39, 0.29) is 4.90 Å². The van der Waals surface area contributed by atoms with Crippen LogP contribution < -0.4 is 10.2 Å². The van der Waals surface area contributed by atoms with Crippen molar-refractivity contribution in [2.75, 3.05) is 24.3 Å². The number of anilines is 3. The van der Waals surface area contributed by atoms with Crippen LogP contribution in [-0.2, 0) is 10.1 Å². The number of aromatic nitrogens is 2. The Hall–Kier alpha value is -2.97. The fourth-order valence-electron chi connectivity index (χ4n) is 2.33.